The van der Waals surface area contributed by atoms with Gasteiger partial charge in [-0.1, -0.05) is 12.1 Å². The fourth-order valence-electron chi connectivity index (χ4n) is 2.80. The molecule has 28 heavy (non-hydrogen) atoms. The van der Waals surface area contributed by atoms with Crippen LogP contribution in [0.3, 0.4) is 0 Å². The second-order valence-corrected chi connectivity index (χ2v) is 6.13. The first-order chi connectivity index (χ1) is 13.6. The predicted octanol–water partition coefficient (Wildman–Crippen LogP) is 2.75. The number of amides is 1. The van der Waals surface area contributed by atoms with Crippen LogP contribution in [0, 0.1) is 0 Å². The number of carbonyl (C=O) groups is 1. The Bertz CT molecular complexity index is 998. The summed E-state index contributed by atoms with van der Waals surface area (Å²) in [5.74, 6) is 1.60. The molecule has 0 fully saturated rings. The average Bonchev–Trinajstić information content (AvgIpc) is 2.71. The van der Waals surface area contributed by atoms with E-state index in [1.807, 2.05) is 19.9 Å². The summed E-state index contributed by atoms with van der Waals surface area (Å²) < 4.78 is 11.0. The molecule has 1 amide bonds. The predicted molar refractivity (Wildman–Crippen MR) is 107 cm³/mol. The number of H-pyrrole nitrogens is 1. The van der Waals surface area contributed by atoms with E-state index >= 15 is 0 Å². The highest BCUT2D eigenvalue weighted by molar-refractivity contribution is 5.78. The molecule has 0 aliphatic heterocycles. The van der Waals surface area contributed by atoms with Crippen molar-refractivity contribution < 1.29 is 14.3 Å². The van der Waals surface area contributed by atoms with Gasteiger partial charge in [-0.25, -0.2) is 4.98 Å². The zero-order chi connectivity index (χ0) is 19.9. The molecule has 0 saturated heterocycles. The number of ether oxygens (including phenoxy) is 2. The van der Waals surface area contributed by atoms with Gasteiger partial charge in [0.2, 0.25) is 0 Å². The number of likely N-dealkylation sites (N-methyl/N-ethyl adjacent to an activating group) is 1. The minimum Gasteiger partial charge on any atom is -0.494 e. The lowest BCUT2D eigenvalue weighted by Gasteiger charge is -2.20. The quantitative estimate of drug-likeness (QED) is 0.649. The van der Waals surface area contributed by atoms with Crippen molar-refractivity contribution in [1.82, 2.24) is 14.9 Å². The lowest BCUT2D eigenvalue weighted by atomic mass is 10.2. The monoisotopic (exact) mass is 381 g/mol. The summed E-state index contributed by atoms with van der Waals surface area (Å²) in [6.45, 7) is 4.97. The summed E-state index contributed by atoms with van der Waals surface area (Å²) in [6.07, 6.45) is 0. The van der Waals surface area contributed by atoms with Crippen molar-refractivity contribution in [3.8, 4) is 11.5 Å². The van der Waals surface area contributed by atoms with E-state index in [4.69, 9.17) is 9.47 Å². The smallest absolute Gasteiger partial charge is 0.260 e. The molecule has 0 radical (unpaired) electrons. The highest BCUT2D eigenvalue weighted by Crippen LogP contribution is 2.17. The lowest BCUT2D eigenvalue weighted by Crippen LogP contribution is -2.35. The Balaban J connectivity index is 1.64. The molecule has 0 saturated carbocycles. The van der Waals surface area contributed by atoms with Crippen molar-refractivity contribution >= 4 is 16.8 Å². The van der Waals surface area contributed by atoms with Crippen LogP contribution in [-0.2, 0) is 11.3 Å². The number of hydrogen-bond donors (Lipinski definition) is 1. The van der Waals surface area contributed by atoms with Crippen LogP contribution in [0.15, 0.2) is 53.3 Å². The molecule has 2 aromatic carbocycles. The third-order valence-corrected chi connectivity index (χ3v) is 4.23. The third kappa shape index (κ3) is 4.68. The van der Waals surface area contributed by atoms with Crippen LogP contribution in [0.5, 0.6) is 11.5 Å². The second kappa shape index (κ2) is 9.03. The number of nitrogens with zero attached hydrogens (tertiary/aromatic N) is 2. The Labute approximate surface area is 162 Å². The topological polar surface area (TPSA) is 84.5 Å². The zero-order valence-corrected chi connectivity index (χ0v) is 16.0. The molecule has 1 N–H and O–H groups in total. The van der Waals surface area contributed by atoms with E-state index in [1.165, 1.54) is 0 Å². The normalized spacial score (nSPS) is 10.6. The minimum absolute atomic E-state index is 0.0976. The molecule has 7 heteroatoms. The van der Waals surface area contributed by atoms with Gasteiger partial charge in [-0.2, -0.15) is 0 Å². The first-order valence-corrected chi connectivity index (χ1v) is 9.22. The number of nitrogens with one attached hydrogen (secondary N) is 1. The highest BCUT2D eigenvalue weighted by atomic mass is 16.5. The molecule has 0 atom stereocenters. The average molecular weight is 381 g/mol. The van der Waals surface area contributed by atoms with Crippen molar-refractivity contribution in [3.63, 3.8) is 0 Å². The van der Waals surface area contributed by atoms with Gasteiger partial charge in [-0.05, 0) is 50.2 Å². The number of para-hydroxylation sites is 1. The van der Waals surface area contributed by atoms with Crippen LogP contribution < -0.4 is 15.0 Å². The summed E-state index contributed by atoms with van der Waals surface area (Å²) in [5.41, 5.74) is 0.394. The Morgan fingerprint density at radius 3 is 2.39 bits per heavy atom. The molecule has 0 unspecified atom stereocenters. The molecule has 146 valence electrons. The number of fused-ring (bicyclic) bond motifs is 1. The van der Waals surface area contributed by atoms with Crippen molar-refractivity contribution in [2.24, 2.45) is 0 Å². The van der Waals surface area contributed by atoms with Crippen LogP contribution in [0.1, 0.15) is 19.7 Å². The Hall–Kier alpha value is -3.35. The van der Waals surface area contributed by atoms with Crippen molar-refractivity contribution in [2.45, 2.75) is 20.4 Å². The minimum atomic E-state index is -0.213. The zero-order valence-electron chi connectivity index (χ0n) is 16.0. The molecule has 3 rings (SSSR count). The molecule has 1 heterocycles. The van der Waals surface area contributed by atoms with Gasteiger partial charge in [0.05, 0.1) is 24.1 Å². The molecular formula is C21H23N3O4. The number of aromatic amines is 1. The molecule has 1 aromatic heterocycles. The van der Waals surface area contributed by atoms with Crippen molar-refractivity contribution in [2.75, 3.05) is 19.8 Å². The van der Waals surface area contributed by atoms with Crippen LogP contribution in [0.4, 0.5) is 0 Å². The van der Waals surface area contributed by atoms with Crippen molar-refractivity contribution in [3.05, 3.63) is 64.7 Å². The Morgan fingerprint density at radius 1 is 1.04 bits per heavy atom. The summed E-state index contributed by atoms with van der Waals surface area (Å²) in [5, 5.41) is 0.527. The first kappa shape index (κ1) is 19.4. The van der Waals surface area contributed by atoms with Gasteiger partial charge in [0.15, 0.2) is 6.61 Å². The summed E-state index contributed by atoms with van der Waals surface area (Å²) in [7, 11) is 0. The van der Waals surface area contributed by atoms with Gasteiger partial charge < -0.3 is 19.4 Å². The van der Waals surface area contributed by atoms with Gasteiger partial charge in [0.1, 0.15) is 17.3 Å². The maximum Gasteiger partial charge on any atom is 0.260 e. The number of rotatable bonds is 8. The summed E-state index contributed by atoms with van der Waals surface area (Å²) in [6, 6.07) is 14.2. The molecule has 3 aromatic rings. The van der Waals surface area contributed by atoms with Gasteiger partial charge in [-0.3, -0.25) is 9.59 Å². The van der Waals surface area contributed by atoms with Crippen LogP contribution >= 0.6 is 0 Å². The van der Waals surface area contributed by atoms with Crippen LogP contribution in [0.25, 0.3) is 10.9 Å². The van der Waals surface area contributed by atoms with Crippen molar-refractivity contribution in [1.29, 1.82) is 0 Å². The number of aromatic nitrogens is 2. The fraction of sp³-hybridized carbons (Fsp3) is 0.286. The molecular weight excluding hydrogens is 358 g/mol. The SMILES string of the molecule is CCOc1ccc(OCC(=O)N(CC)Cc2nc3ccccc3c(=O)[nH]2)cc1. The maximum atomic E-state index is 12.5. The summed E-state index contributed by atoms with van der Waals surface area (Å²) >= 11 is 0. The van der Waals surface area contributed by atoms with Crippen LogP contribution in [0.2, 0.25) is 0 Å². The highest BCUT2D eigenvalue weighted by Gasteiger charge is 2.15. The largest absolute Gasteiger partial charge is 0.494 e. The van der Waals surface area contributed by atoms with E-state index in [0.29, 0.717) is 35.6 Å². The molecule has 0 aliphatic carbocycles. The fourth-order valence-corrected chi connectivity index (χ4v) is 2.80. The van der Waals surface area contributed by atoms with E-state index in [9.17, 15) is 9.59 Å². The van der Waals surface area contributed by atoms with E-state index in [1.54, 1.807) is 47.4 Å². The van der Waals surface area contributed by atoms with E-state index in [0.717, 1.165) is 5.75 Å². The lowest BCUT2D eigenvalue weighted by molar-refractivity contribution is -0.133. The van der Waals surface area contributed by atoms with Gasteiger partial charge in [0, 0.05) is 6.54 Å². The Kier molecular flexibility index (Phi) is 6.26. The second-order valence-electron chi connectivity index (χ2n) is 6.13. The van der Waals surface area contributed by atoms with Gasteiger partial charge in [-0.15, -0.1) is 0 Å². The van der Waals surface area contributed by atoms with E-state index < -0.39 is 0 Å². The molecule has 0 aliphatic rings. The first-order valence-electron chi connectivity index (χ1n) is 9.22. The number of benzene rings is 2. The standard InChI is InChI=1S/C21H23N3O4/c1-3-24(13-19-22-18-8-6-5-7-17(18)21(26)23-19)20(25)14-28-16-11-9-15(10-12-16)27-4-2/h5-12H,3-4,13-14H2,1-2H3,(H,22,23,26). The summed E-state index contributed by atoms with van der Waals surface area (Å²) in [4.78, 5) is 33.5. The van der Waals surface area contributed by atoms with E-state index in [2.05, 4.69) is 9.97 Å². The molecule has 0 bridgehead atoms. The van der Waals surface area contributed by atoms with E-state index in [-0.39, 0.29) is 24.6 Å². The molecule has 7 nitrogen and oxygen atoms in total. The number of carbonyl (C=O) groups excluding carboxylic acids is 1. The third-order valence-electron chi connectivity index (χ3n) is 4.23. The Morgan fingerprint density at radius 2 is 1.71 bits per heavy atom. The number of hydrogen-bond acceptors (Lipinski definition) is 5. The van der Waals surface area contributed by atoms with Gasteiger partial charge in [0.25, 0.3) is 11.5 Å². The molecule has 0 spiro atoms. The van der Waals surface area contributed by atoms with Crippen LogP contribution in [-0.4, -0.2) is 40.5 Å². The maximum absolute atomic E-state index is 12.5. The van der Waals surface area contributed by atoms with Gasteiger partial charge >= 0.3 is 0 Å².